The molecule has 4 heterocycles. The van der Waals surface area contributed by atoms with Gasteiger partial charge in [-0.25, -0.2) is 0 Å². The summed E-state index contributed by atoms with van der Waals surface area (Å²) in [5, 5.41) is 0.652. The maximum absolute atomic E-state index is 5.72. The summed E-state index contributed by atoms with van der Waals surface area (Å²) in [5.41, 5.74) is 0.397. The van der Waals surface area contributed by atoms with Crippen molar-refractivity contribution < 1.29 is 4.74 Å². The number of likely N-dealkylation sites (tertiary alicyclic amines) is 1. The minimum atomic E-state index is 0.397. The maximum atomic E-state index is 5.72. The van der Waals surface area contributed by atoms with Gasteiger partial charge in [-0.1, -0.05) is 55.7 Å². The Labute approximate surface area is 169 Å². The van der Waals surface area contributed by atoms with Gasteiger partial charge >= 0.3 is 0 Å². The van der Waals surface area contributed by atoms with E-state index >= 15 is 0 Å². The Kier molecular flexibility index (Phi) is 5.07. The molecule has 4 saturated heterocycles. The number of alkyl halides is 1. The third kappa shape index (κ3) is 3.14. The van der Waals surface area contributed by atoms with Crippen LogP contribution in [0.15, 0.2) is 0 Å². The van der Waals surface area contributed by atoms with Crippen LogP contribution in [0.5, 0.6) is 0 Å². The third-order valence-corrected chi connectivity index (χ3v) is 9.63. The maximum Gasteiger partial charge on any atom is 0.148 e. The molecule has 4 atom stereocenters. The Morgan fingerprint density at radius 1 is 1.08 bits per heavy atom. The zero-order valence-electron chi connectivity index (χ0n) is 16.8. The molecule has 25 heavy (non-hydrogen) atoms. The van der Waals surface area contributed by atoms with Gasteiger partial charge in [0.15, 0.2) is 0 Å². The first-order valence-electron chi connectivity index (χ1n) is 10.8. The lowest BCUT2D eigenvalue weighted by Gasteiger charge is -2.56. The molecule has 5 fully saturated rings. The highest BCUT2D eigenvalue weighted by Gasteiger charge is 2.58. The normalized spacial score (nSPS) is 44.0. The zero-order valence-corrected chi connectivity index (χ0v) is 19.0. The SMILES string of the molecule is CC(C)N1C2CCCC3(C(C)C)BC(I)(CCCC2CC12COC2)C3. The molecule has 0 aromatic rings. The van der Waals surface area contributed by atoms with Crippen LogP contribution < -0.4 is 0 Å². The molecule has 0 aromatic carbocycles. The first-order valence-corrected chi connectivity index (χ1v) is 11.9. The fourth-order valence-corrected chi connectivity index (χ4v) is 9.02. The lowest BCUT2D eigenvalue weighted by Crippen LogP contribution is -2.62. The predicted octanol–water partition coefficient (Wildman–Crippen LogP) is 4.99. The Hall–Kier alpha value is 0.715. The topological polar surface area (TPSA) is 12.5 Å². The predicted molar refractivity (Wildman–Crippen MR) is 116 cm³/mol. The molecule has 5 rings (SSSR count). The van der Waals surface area contributed by atoms with Crippen molar-refractivity contribution >= 4 is 29.9 Å². The monoisotopic (exact) mass is 457 g/mol. The van der Waals surface area contributed by atoms with Gasteiger partial charge in [-0.3, -0.25) is 4.90 Å². The average molecular weight is 457 g/mol. The van der Waals surface area contributed by atoms with Crippen molar-refractivity contribution in [2.75, 3.05) is 13.2 Å². The van der Waals surface area contributed by atoms with Crippen LogP contribution in [-0.2, 0) is 4.74 Å². The van der Waals surface area contributed by atoms with Gasteiger partial charge in [-0.15, -0.1) is 0 Å². The Morgan fingerprint density at radius 3 is 2.32 bits per heavy atom. The second-order valence-electron chi connectivity index (χ2n) is 10.6. The van der Waals surface area contributed by atoms with Crippen LogP contribution in [0.3, 0.4) is 0 Å². The molecule has 4 unspecified atom stereocenters. The number of hydrogen-bond acceptors (Lipinski definition) is 2. The van der Waals surface area contributed by atoms with Gasteiger partial charge < -0.3 is 4.74 Å². The molecule has 0 N–H and O–H groups in total. The third-order valence-electron chi connectivity index (χ3n) is 8.33. The van der Waals surface area contributed by atoms with Gasteiger partial charge in [0, 0.05) is 12.1 Å². The minimum absolute atomic E-state index is 0.397. The molecular weight excluding hydrogens is 420 g/mol. The fraction of sp³-hybridized carbons (Fsp3) is 1.00. The van der Waals surface area contributed by atoms with Crippen molar-refractivity contribution in [3.63, 3.8) is 0 Å². The summed E-state index contributed by atoms with van der Waals surface area (Å²) in [6, 6.07) is 1.47. The Bertz CT molecular complexity index is 498. The van der Waals surface area contributed by atoms with Crippen LogP contribution in [-0.4, -0.2) is 46.3 Å². The molecule has 4 heteroatoms. The fourth-order valence-electron chi connectivity index (χ4n) is 7.12. The van der Waals surface area contributed by atoms with E-state index in [4.69, 9.17) is 4.74 Å². The van der Waals surface area contributed by atoms with Gasteiger partial charge in [-0.05, 0) is 66.4 Å². The van der Waals surface area contributed by atoms with Gasteiger partial charge in [0.25, 0.3) is 0 Å². The van der Waals surface area contributed by atoms with Crippen molar-refractivity contribution in [1.29, 1.82) is 0 Å². The quantitative estimate of drug-likeness (QED) is 0.329. The van der Waals surface area contributed by atoms with Gasteiger partial charge in [0.2, 0.25) is 0 Å². The van der Waals surface area contributed by atoms with Crippen molar-refractivity contribution in [3.8, 4) is 0 Å². The van der Waals surface area contributed by atoms with Crippen LogP contribution in [0.4, 0.5) is 0 Å². The van der Waals surface area contributed by atoms with Gasteiger partial charge in [0.1, 0.15) is 7.28 Å². The van der Waals surface area contributed by atoms with Crippen LogP contribution >= 0.6 is 22.6 Å². The van der Waals surface area contributed by atoms with E-state index in [1.54, 1.807) is 0 Å². The second kappa shape index (κ2) is 6.65. The Balaban J connectivity index is 1.54. The number of halogens is 1. The lowest BCUT2D eigenvalue weighted by atomic mass is 9.27. The standard InChI is InChI=1S/C21H37BINO/c1-15(2)20-9-6-8-18-17(7-5-10-21(23,12-20)22-20)11-19(13-25-14-19)24(18)16(3)4/h15-18,22H,5-14H2,1-4H3. The van der Waals surface area contributed by atoms with E-state index in [0.29, 0.717) is 20.2 Å². The molecule has 0 amide bonds. The molecule has 1 aliphatic carbocycles. The van der Waals surface area contributed by atoms with Crippen molar-refractivity contribution in [2.24, 2.45) is 11.8 Å². The van der Waals surface area contributed by atoms with Crippen molar-refractivity contribution in [3.05, 3.63) is 0 Å². The Morgan fingerprint density at radius 2 is 1.76 bits per heavy atom. The van der Waals surface area contributed by atoms with Crippen molar-refractivity contribution in [2.45, 2.75) is 105 Å². The number of ether oxygens (including phenoxy) is 1. The van der Waals surface area contributed by atoms with Gasteiger partial charge in [-0.2, -0.15) is 0 Å². The van der Waals surface area contributed by atoms with E-state index < -0.39 is 0 Å². The summed E-state index contributed by atoms with van der Waals surface area (Å²) in [7, 11) is 1.49. The van der Waals surface area contributed by atoms with Gasteiger partial charge in [0.05, 0.1) is 18.8 Å². The minimum Gasteiger partial charge on any atom is -0.377 e. The molecule has 4 aliphatic heterocycles. The number of nitrogens with zero attached hydrogens (tertiary/aromatic N) is 1. The largest absolute Gasteiger partial charge is 0.377 e. The number of rotatable bonds is 2. The highest BCUT2D eigenvalue weighted by atomic mass is 127. The van der Waals surface area contributed by atoms with Crippen LogP contribution in [0.25, 0.3) is 0 Å². The van der Waals surface area contributed by atoms with E-state index in [9.17, 15) is 0 Å². The van der Waals surface area contributed by atoms with E-state index in [1.165, 1.54) is 58.6 Å². The first-order chi connectivity index (χ1) is 11.8. The number of fused-ring (bicyclic) bond motifs is 4. The van der Waals surface area contributed by atoms with Crippen LogP contribution in [0.2, 0.25) is 5.31 Å². The summed E-state index contributed by atoms with van der Waals surface area (Å²) in [4.78, 5) is 2.91. The molecule has 0 radical (unpaired) electrons. The smallest absolute Gasteiger partial charge is 0.148 e. The zero-order chi connectivity index (χ0) is 17.9. The van der Waals surface area contributed by atoms with Crippen molar-refractivity contribution in [1.82, 2.24) is 4.90 Å². The summed E-state index contributed by atoms with van der Waals surface area (Å²) in [6.07, 6.45) is 11.6. The first kappa shape index (κ1) is 19.0. The summed E-state index contributed by atoms with van der Waals surface area (Å²) < 4.78 is 6.34. The molecular formula is C21H37BINO. The lowest BCUT2D eigenvalue weighted by molar-refractivity contribution is -0.141. The van der Waals surface area contributed by atoms with E-state index in [0.717, 1.165) is 31.1 Å². The molecule has 5 aliphatic rings. The number of hydrogen-bond donors (Lipinski definition) is 0. The van der Waals surface area contributed by atoms with E-state index in [1.807, 2.05) is 0 Å². The summed E-state index contributed by atoms with van der Waals surface area (Å²) in [6.45, 7) is 11.8. The molecule has 1 saturated carbocycles. The summed E-state index contributed by atoms with van der Waals surface area (Å²) in [5.74, 6) is 1.76. The molecule has 1 spiro atoms. The molecule has 2 nitrogen and oxygen atoms in total. The highest BCUT2D eigenvalue weighted by molar-refractivity contribution is 14.1. The van der Waals surface area contributed by atoms with Crippen LogP contribution in [0.1, 0.15) is 79.1 Å². The average Bonchev–Trinajstić information content (AvgIpc) is 2.78. The van der Waals surface area contributed by atoms with Crippen LogP contribution in [0, 0.1) is 11.8 Å². The second-order valence-corrected chi connectivity index (χ2v) is 12.8. The molecule has 0 aromatic heterocycles. The van der Waals surface area contributed by atoms with E-state index in [-0.39, 0.29) is 0 Å². The molecule has 2 bridgehead atoms. The van der Waals surface area contributed by atoms with E-state index in [2.05, 4.69) is 55.2 Å². The molecule has 142 valence electrons. The highest BCUT2D eigenvalue weighted by Crippen LogP contribution is 2.62. The summed E-state index contributed by atoms with van der Waals surface area (Å²) >= 11 is 2.83.